The summed E-state index contributed by atoms with van der Waals surface area (Å²) in [4.78, 5) is 35.2. The van der Waals surface area contributed by atoms with Gasteiger partial charge in [0.05, 0.1) is 17.9 Å². The molecule has 2 unspecified atom stereocenters. The Morgan fingerprint density at radius 1 is 1.35 bits per heavy atom. The number of likely N-dealkylation sites (tertiary alicyclic amines) is 1. The zero-order valence-corrected chi connectivity index (χ0v) is 9.81. The van der Waals surface area contributed by atoms with Gasteiger partial charge in [0.15, 0.2) is 0 Å². The van der Waals surface area contributed by atoms with Crippen molar-refractivity contribution in [2.75, 3.05) is 13.1 Å². The monoisotopic (exact) mass is 242 g/mol. The second-order valence-electron chi connectivity index (χ2n) is 4.71. The third-order valence-corrected chi connectivity index (χ3v) is 3.12. The molecule has 0 radical (unpaired) electrons. The van der Waals surface area contributed by atoms with Crippen molar-refractivity contribution in [2.24, 2.45) is 22.6 Å². The van der Waals surface area contributed by atoms with Gasteiger partial charge in [0, 0.05) is 13.1 Å². The fraction of sp³-hybridized carbons (Fsp3) is 0.700. The maximum atomic E-state index is 11.8. The van der Waals surface area contributed by atoms with Crippen molar-refractivity contribution in [3.05, 3.63) is 0 Å². The van der Waals surface area contributed by atoms with Crippen LogP contribution in [0.15, 0.2) is 0 Å². The topological polar surface area (TPSA) is 133 Å². The molecule has 0 spiro atoms. The fourth-order valence-corrected chi connectivity index (χ4v) is 1.89. The SMILES string of the molecule is CC1(C(N)=O)CCN(C(=O)C(N)CC(N)=O)C1. The summed E-state index contributed by atoms with van der Waals surface area (Å²) in [6.45, 7) is 2.38. The summed E-state index contributed by atoms with van der Waals surface area (Å²) < 4.78 is 0. The number of hydrogen-bond acceptors (Lipinski definition) is 4. The highest BCUT2D eigenvalue weighted by molar-refractivity contribution is 5.89. The lowest BCUT2D eigenvalue weighted by atomic mass is 9.89. The van der Waals surface area contributed by atoms with Crippen molar-refractivity contribution in [1.82, 2.24) is 4.90 Å². The number of carbonyl (C=O) groups excluding carboxylic acids is 3. The first kappa shape index (κ1) is 13.4. The molecule has 96 valence electrons. The molecule has 0 aromatic heterocycles. The van der Waals surface area contributed by atoms with Gasteiger partial charge >= 0.3 is 0 Å². The predicted octanol–water partition coefficient (Wildman–Crippen LogP) is -2.09. The van der Waals surface area contributed by atoms with Crippen LogP contribution < -0.4 is 17.2 Å². The summed E-state index contributed by atoms with van der Waals surface area (Å²) in [5.41, 5.74) is 15.1. The molecule has 1 fully saturated rings. The van der Waals surface area contributed by atoms with Gasteiger partial charge in [-0.3, -0.25) is 14.4 Å². The van der Waals surface area contributed by atoms with Gasteiger partial charge in [-0.05, 0) is 13.3 Å². The lowest BCUT2D eigenvalue weighted by Crippen LogP contribution is -2.46. The molecular formula is C10H18N4O3. The van der Waals surface area contributed by atoms with Gasteiger partial charge in [-0.15, -0.1) is 0 Å². The second-order valence-corrected chi connectivity index (χ2v) is 4.71. The molecule has 7 nitrogen and oxygen atoms in total. The number of carbonyl (C=O) groups is 3. The minimum Gasteiger partial charge on any atom is -0.370 e. The van der Waals surface area contributed by atoms with Gasteiger partial charge in [-0.1, -0.05) is 0 Å². The van der Waals surface area contributed by atoms with Crippen LogP contribution in [0.1, 0.15) is 19.8 Å². The third kappa shape index (κ3) is 2.94. The van der Waals surface area contributed by atoms with E-state index in [9.17, 15) is 14.4 Å². The summed E-state index contributed by atoms with van der Waals surface area (Å²) in [6, 6.07) is -0.942. The van der Waals surface area contributed by atoms with Crippen molar-refractivity contribution in [1.29, 1.82) is 0 Å². The van der Waals surface area contributed by atoms with Crippen LogP contribution in [0.2, 0.25) is 0 Å². The second kappa shape index (κ2) is 4.70. The van der Waals surface area contributed by atoms with Gasteiger partial charge in [-0.2, -0.15) is 0 Å². The highest BCUT2D eigenvalue weighted by atomic mass is 16.2. The Kier molecular flexibility index (Phi) is 3.72. The third-order valence-electron chi connectivity index (χ3n) is 3.12. The van der Waals surface area contributed by atoms with Gasteiger partial charge in [0.25, 0.3) is 0 Å². The number of nitrogens with two attached hydrogens (primary N) is 3. The average Bonchev–Trinajstić information content (AvgIpc) is 2.60. The molecule has 0 saturated carbocycles. The predicted molar refractivity (Wildman–Crippen MR) is 60.3 cm³/mol. The van der Waals surface area contributed by atoms with Gasteiger partial charge in [0.1, 0.15) is 0 Å². The Morgan fingerprint density at radius 3 is 2.35 bits per heavy atom. The molecule has 6 N–H and O–H groups in total. The van der Waals surface area contributed by atoms with E-state index in [-0.39, 0.29) is 18.9 Å². The molecule has 7 heteroatoms. The standard InChI is InChI=1S/C10H18N4O3/c1-10(9(13)17)2-3-14(5-10)8(16)6(11)4-7(12)15/h6H,2-5,11H2,1H3,(H2,12,15)(H2,13,17). The first-order valence-electron chi connectivity index (χ1n) is 5.39. The first-order chi connectivity index (χ1) is 7.76. The van der Waals surface area contributed by atoms with E-state index in [2.05, 4.69) is 0 Å². The Hall–Kier alpha value is -1.63. The van der Waals surface area contributed by atoms with Crippen molar-refractivity contribution in [3.63, 3.8) is 0 Å². The molecular weight excluding hydrogens is 224 g/mol. The van der Waals surface area contributed by atoms with Crippen molar-refractivity contribution >= 4 is 17.7 Å². The van der Waals surface area contributed by atoms with Crippen LogP contribution >= 0.6 is 0 Å². The molecule has 1 aliphatic rings. The smallest absolute Gasteiger partial charge is 0.240 e. The Balaban J connectivity index is 2.62. The van der Waals surface area contributed by atoms with Crippen molar-refractivity contribution in [3.8, 4) is 0 Å². The molecule has 0 aliphatic carbocycles. The molecule has 0 aromatic rings. The number of primary amides is 2. The number of rotatable bonds is 4. The Bertz CT molecular complexity index is 357. The average molecular weight is 242 g/mol. The van der Waals surface area contributed by atoms with Crippen LogP contribution in [0.4, 0.5) is 0 Å². The minimum absolute atomic E-state index is 0.192. The molecule has 1 heterocycles. The Morgan fingerprint density at radius 2 is 1.94 bits per heavy atom. The highest BCUT2D eigenvalue weighted by Crippen LogP contribution is 2.29. The zero-order chi connectivity index (χ0) is 13.2. The molecule has 2 atom stereocenters. The van der Waals surface area contributed by atoms with Crippen LogP contribution in [0, 0.1) is 5.41 Å². The number of amides is 3. The van der Waals surface area contributed by atoms with E-state index in [1.807, 2.05) is 0 Å². The minimum atomic E-state index is -0.942. The first-order valence-corrected chi connectivity index (χ1v) is 5.39. The van der Waals surface area contributed by atoms with Gasteiger partial charge in [-0.25, -0.2) is 0 Å². The lowest BCUT2D eigenvalue weighted by molar-refractivity contribution is -0.134. The summed E-state index contributed by atoms with van der Waals surface area (Å²) in [7, 11) is 0. The molecule has 0 bridgehead atoms. The van der Waals surface area contributed by atoms with E-state index in [0.29, 0.717) is 13.0 Å². The van der Waals surface area contributed by atoms with Crippen LogP contribution in [0.25, 0.3) is 0 Å². The number of hydrogen-bond donors (Lipinski definition) is 3. The molecule has 0 aromatic carbocycles. The summed E-state index contributed by atoms with van der Waals surface area (Å²) in [6.07, 6.45) is 0.319. The van der Waals surface area contributed by atoms with E-state index >= 15 is 0 Å². The molecule has 3 amide bonds. The van der Waals surface area contributed by atoms with E-state index in [0.717, 1.165) is 0 Å². The summed E-state index contributed by atoms with van der Waals surface area (Å²) in [5, 5.41) is 0. The summed E-state index contributed by atoms with van der Waals surface area (Å²) in [5.74, 6) is -1.42. The van der Waals surface area contributed by atoms with E-state index in [4.69, 9.17) is 17.2 Å². The van der Waals surface area contributed by atoms with E-state index in [1.165, 1.54) is 4.90 Å². The van der Waals surface area contributed by atoms with Gasteiger partial charge in [0.2, 0.25) is 17.7 Å². The van der Waals surface area contributed by atoms with Crippen molar-refractivity contribution < 1.29 is 14.4 Å². The maximum Gasteiger partial charge on any atom is 0.240 e. The Labute approximate surface area is 99.3 Å². The van der Waals surface area contributed by atoms with Crippen molar-refractivity contribution in [2.45, 2.75) is 25.8 Å². The summed E-state index contributed by atoms with van der Waals surface area (Å²) >= 11 is 0. The van der Waals surface area contributed by atoms with E-state index in [1.54, 1.807) is 6.92 Å². The lowest BCUT2D eigenvalue weighted by Gasteiger charge is -2.23. The van der Waals surface area contributed by atoms with Crippen LogP contribution in [0.5, 0.6) is 0 Å². The van der Waals surface area contributed by atoms with E-state index < -0.39 is 23.3 Å². The molecule has 1 rings (SSSR count). The van der Waals surface area contributed by atoms with Crippen LogP contribution in [-0.2, 0) is 14.4 Å². The van der Waals surface area contributed by atoms with Gasteiger partial charge < -0.3 is 22.1 Å². The largest absolute Gasteiger partial charge is 0.370 e. The maximum absolute atomic E-state index is 11.8. The zero-order valence-electron chi connectivity index (χ0n) is 9.81. The number of nitrogens with zero attached hydrogens (tertiary/aromatic N) is 1. The molecule has 17 heavy (non-hydrogen) atoms. The highest BCUT2D eigenvalue weighted by Gasteiger charge is 2.41. The quantitative estimate of drug-likeness (QED) is 0.521. The fourth-order valence-electron chi connectivity index (χ4n) is 1.89. The molecule has 1 saturated heterocycles. The molecule has 1 aliphatic heterocycles. The van der Waals surface area contributed by atoms with Crippen LogP contribution in [0.3, 0.4) is 0 Å². The normalized spacial score (nSPS) is 25.6. The van der Waals surface area contributed by atoms with Crippen LogP contribution in [-0.4, -0.2) is 41.8 Å².